The summed E-state index contributed by atoms with van der Waals surface area (Å²) in [6.07, 6.45) is 5.59. The van der Waals surface area contributed by atoms with E-state index in [1.54, 1.807) is 0 Å². The highest BCUT2D eigenvalue weighted by Gasteiger charge is 2.20. The third kappa shape index (κ3) is 3.74. The van der Waals surface area contributed by atoms with Crippen molar-refractivity contribution in [2.24, 2.45) is 0 Å². The minimum Gasteiger partial charge on any atom is -0.382 e. The molecule has 0 amide bonds. The van der Waals surface area contributed by atoms with Gasteiger partial charge in [0.05, 0.1) is 12.2 Å². The van der Waals surface area contributed by atoms with Crippen molar-refractivity contribution in [2.45, 2.75) is 51.7 Å². The Morgan fingerprint density at radius 1 is 1.24 bits per heavy atom. The van der Waals surface area contributed by atoms with Gasteiger partial charge in [-0.3, -0.25) is 0 Å². The number of ether oxygens (including phenoxy) is 1. The van der Waals surface area contributed by atoms with Gasteiger partial charge in [0, 0.05) is 12.2 Å². The lowest BCUT2D eigenvalue weighted by Crippen LogP contribution is -2.19. The van der Waals surface area contributed by atoms with Gasteiger partial charge in [0.25, 0.3) is 0 Å². The Bertz CT molecular complexity index is 333. The maximum Gasteiger partial charge on any atom is 0.0751 e. The van der Waals surface area contributed by atoms with E-state index in [0.717, 1.165) is 6.54 Å². The van der Waals surface area contributed by atoms with Crippen LogP contribution >= 0.6 is 0 Å². The first-order valence-electron chi connectivity index (χ1n) is 6.76. The normalized spacial score (nSPS) is 23.9. The van der Waals surface area contributed by atoms with Gasteiger partial charge in [0.1, 0.15) is 0 Å². The number of aryl methyl sites for hydroxylation is 1. The van der Waals surface area contributed by atoms with Gasteiger partial charge in [0.2, 0.25) is 0 Å². The average Bonchev–Trinajstić information content (AvgIpc) is 2.75. The fourth-order valence-electron chi connectivity index (χ4n) is 2.35. The van der Waals surface area contributed by atoms with Crippen LogP contribution in [0, 0.1) is 0 Å². The molecule has 0 spiro atoms. The number of hydrogen-bond acceptors (Lipinski definition) is 2. The Hall–Kier alpha value is -1.02. The Morgan fingerprint density at radius 3 is 2.59 bits per heavy atom. The van der Waals surface area contributed by atoms with Crippen molar-refractivity contribution >= 4 is 5.69 Å². The van der Waals surface area contributed by atoms with Gasteiger partial charge in [-0.1, -0.05) is 25.5 Å². The Kier molecular flexibility index (Phi) is 4.43. The van der Waals surface area contributed by atoms with E-state index < -0.39 is 0 Å². The molecule has 1 N–H and O–H groups in total. The molecule has 0 radical (unpaired) electrons. The van der Waals surface area contributed by atoms with Crippen LogP contribution in [0.5, 0.6) is 0 Å². The molecule has 1 saturated heterocycles. The molecule has 1 aliphatic rings. The summed E-state index contributed by atoms with van der Waals surface area (Å²) in [5.74, 6) is 0. The van der Waals surface area contributed by atoms with Crippen LogP contribution in [0.2, 0.25) is 0 Å². The van der Waals surface area contributed by atoms with E-state index in [4.69, 9.17) is 4.74 Å². The summed E-state index contributed by atoms with van der Waals surface area (Å²) in [6.45, 7) is 5.29. The molecular formula is C15H23NO. The molecule has 0 aromatic heterocycles. The fourth-order valence-corrected chi connectivity index (χ4v) is 2.35. The predicted molar refractivity (Wildman–Crippen MR) is 72.5 cm³/mol. The summed E-state index contributed by atoms with van der Waals surface area (Å²) in [5.41, 5.74) is 2.62. The lowest BCUT2D eigenvalue weighted by molar-refractivity contribution is 0.0637. The average molecular weight is 233 g/mol. The van der Waals surface area contributed by atoms with Gasteiger partial charge in [-0.05, 0) is 43.9 Å². The summed E-state index contributed by atoms with van der Waals surface area (Å²) >= 11 is 0. The van der Waals surface area contributed by atoms with Gasteiger partial charge in [-0.2, -0.15) is 0 Å². The standard InChI is InChI=1S/C15H23NO/c1-3-4-13-6-8-14(9-7-13)16-11-15-10-5-12(2)17-15/h6-9,12,15-16H,3-5,10-11H2,1-2H3. The second kappa shape index (κ2) is 6.06. The second-order valence-corrected chi connectivity index (χ2v) is 4.97. The summed E-state index contributed by atoms with van der Waals surface area (Å²) in [7, 11) is 0. The van der Waals surface area contributed by atoms with E-state index in [1.165, 1.54) is 36.9 Å². The molecule has 0 aliphatic carbocycles. The summed E-state index contributed by atoms with van der Waals surface area (Å²) in [6, 6.07) is 8.76. The van der Waals surface area contributed by atoms with Gasteiger partial charge in [-0.25, -0.2) is 0 Å². The zero-order chi connectivity index (χ0) is 12.1. The monoisotopic (exact) mass is 233 g/mol. The van der Waals surface area contributed by atoms with Crippen LogP contribution in [0.3, 0.4) is 0 Å². The second-order valence-electron chi connectivity index (χ2n) is 4.97. The largest absolute Gasteiger partial charge is 0.382 e. The molecule has 2 atom stereocenters. The quantitative estimate of drug-likeness (QED) is 0.838. The maximum atomic E-state index is 5.78. The molecule has 2 heteroatoms. The SMILES string of the molecule is CCCc1ccc(NCC2CCC(C)O2)cc1. The van der Waals surface area contributed by atoms with Crippen molar-refractivity contribution in [3.8, 4) is 0 Å². The van der Waals surface area contributed by atoms with Gasteiger partial charge < -0.3 is 10.1 Å². The smallest absolute Gasteiger partial charge is 0.0751 e. The van der Waals surface area contributed by atoms with Crippen molar-refractivity contribution in [3.63, 3.8) is 0 Å². The van der Waals surface area contributed by atoms with Gasteiger partial charge >= 0.3 is 0 Å². The topological polar surface area (TPSA) is 21.3 Å². The summed E-state index contributed by atoms with van der Waals surface area (Å²) < 4.78 is 5.78. The Morgan fingerprint density at radius 2 is 2.00 bits per heavy atom. The lowest BCUT2D eigenvalue weighted by Gasteiger charge is -2.13. The number of anilines is 1. The van der Waals surface area contributed by atoms with E-state index >= 15 is 0 Å². The fraction of sp³-hybridized carbons (Fsp3) is 0.600. The summed E-state index contributed by atoms with van der Waals surface area (Å²) in [5, 5.41) is 3.45. The molecule has 0 bridgehead atoms. The van der Waals surface area contributed by atoms with Crippen LogP contribution in [-0.2, 0) is 11.2 Å². The molecule has 2 nitrogen and oxygen atoms in total. The molecule has 17 heavy (non-hydrogen) atoms. The number of benzene rings is 1. The van der Waals surface area contributed by atoms with Crippen molar-refractivity contribution in [3.05, 3.63) is 29.8 Å². The molecular weight excluding hydrogens is 210 g/mol. The van der Waals surface area contributed by atoms with Crippen LogP contribution in [0.25, 0.3) is 0 Å². The molecule has 0 saturated carbocycles. The Labute approximate surface area is 104 Å². The highest BCUT2D eigenvalue weighted by molar-refractivity contribution is 5.44. The third-order valence-electron chi connectivity index (χ3n) is 3.35. The predicted octanol–water partition coefficient (Wildman–Crippen LogP) is 3.62. The molecule has 1 aromatic rings. The summed E-state index contributed by atoms with van der Waals surface area (Å²) in [4.78, 5) is 0. The minimum absolute atomic E-state index is 0.389. The molecule has 2 unspecified atom stereocenters. The Balaban J connectivity index is 1.78. The molecule has 1 aliphatic heterocycles. The number of rotatable bonds is 5. The molecule has 2 rings (SSSR count). The van der Waals surface area contributed by atoms with E-state index in [-0.39, 0.29) is 0 Å². The van der Waals surface area contributed by atoms with Crippen LogP contribution < -0.4 is 5.32 Å². The van der Waals surface area contributed by atoms with Crippen molar-refractivity contribution < 1.29 is 4.74 Å². The zero-order valence-electron chi connectivity index (χ0n) is 10.9. The van der Waals surface area contributed by atoms with Gasteiger partial charge in [-0.15, -0.1) is 0 Å². The van der Waals surface area contributed by atoms with Crippen molar-refractivity contribution in [1.82, 2.24) is 0 Å². The van der Waals surface area contributed by atoms with E-state index in [9.17, 15) is 0 Å². The first-order valence-corrected chi connectivity index (χ1v) is 6.76. The van der Waals surface area contributed by atoms with Gasteiger partial charge in [0.15, 0.2) is 0 Å². The highest BCUT2D eigenvalue weighted by atomic mass is 16.5. The van der Waals surface area contributed by atoms with E-state index in [0.29, 0.717) is 12.2 Å². The lowest BCUT2D eigenvalue weighted by atomic mass is 10.1. The molecule has 1 aromatic carbocycles. The molecule has 1 heterocycles. The minimum atomic E-state index is 0.389. The van der Waals surface area contributed by atoms with Crippen LogP contribution in [-0.4, -0.2) is 18.8 Å². The van der Waals surface area contributed by atoms with Crippen molar-refractivity contribution in [2.75, 3.05) is 11.9 Å². The number of hydrogen-bond donors (Lipinski definition) is 1. The van der Waals surface area contributed by atoms with Crippen molar-refractivity contribution in [1.29, 1.82) is 0 Å². The molecule has 94 valence electrons. The van der Waals surface area contributed by atoms with Crippen LogP contribution in [0.1, 0.15) is 38.7 Å². The first-order chi connectivity index (χ1) is 8.28. The zero-order valence-corrected chi connectivity index (χ0v) is 10.9. The van der Waals surface area contributed by atoms with E-state index in [2.05, 4.69) is 43.4 Å². The highest BCUT2D eigenvalue weighted by Crippen LogP contribution is 2.19. The van der Waals surface area contributed by atoms with Crippen LogP contribution in [0.4, 0.5) is 5.69 Å². The third-order valence-corrected chi connectivity index (χ3v) is 3.35. The van der Waals surface area contributed by atoms with E-state index in [1.807, 2.05) is 0 Å². The molecule has 1 fully saturated rings. The number of nitrogens with one attached hydrogen (secondary N) is 1. The first kappa shape index (κ1) is 12.4. The maximum absolute atomic E-state index is 5.78. The van der Waals surface area contributed by atoms with Crippen LogP contribution in [0.15, 0.2) is 24.3 Å².